The van der Waals surface area contributed by atoms with Gasteiger partial charge in [0, 0.05) is 32.0 Å². The lowest BCUT2D eigenvalue weighted by Crippen LogP contribution is -2.44. The Morgan fingerprint density at radius 2 is 2.25 bits per heavy atom. The Hall–Kier alpha value is -1.45. The van der Waals surface area contributed by atoms with E-state index in [2.05, 4.69) is 14.6 Å². The van der Waals surface area contributed by atoms with Gasteiger partial charge in [-0.25, -0.2) is 0 Å². The van der Waals surface area contributed by atoms with Gasteiger partial charge in [0.1, 0.15) is 0 Å². The van der Waals surface area contributed by atoms with Crippen molar-refractivity contribution in [3.8, 4) is 0 Å². The van der Waals surface area contributed by atoms with Gasteiger partial charge in [-0.05, 0) is 13.0 Å². The first-order chi connectivity index (χ1) is 9.35. The number of hydrogen-bond acceptors (Lipinski definition) is 5. The van der Waals surface area contributed by atoms with Crippen molar-refractivity contribution >= 4 is 16.2 Å². The Morgan fingerprint density at radius 1 is 1.55 bits per heavy atom. The van der Waals surface area contributed by atoms with Crippen molar-refractivity contribution in [1.82, 2.24) is 18.8 Å². The van der Waals surface area contributed by atoms with Gasteiger partial charge < -0.3 is 4.74 Å². The zero-order chi connectivity index (χ0) is 15.2. The Morgan fingerprint density at radius 3 is 2.80 bits per heavy atom. The molecule has 0 saturated heterocycles. The molecule has 1 aromatic rings. The van der Waals surface area contributed by atoms with Crippen LogP contribution in [0.5, 0.6) is 0 Å². The first-order valence-electron chi connectivity index (χ1n) is 6.13. The molecular weight excluding hydrogens is 284 g/mol. The van der Waals surface area contributed by atoms with Crippen LogP contribution in [-0.2, 0) is 26.3 Å². The van der Waals surface area contributed by atoms with E-state index in [1.807, 2.05) is 0 Å². The van der Waals surface area contributed by atoms with E-state index in [1.54, 1.807) is 30.1 Å². The second kappa shape index (κ2) is 7.36. The van der Waals surface area contributed by atoms with E-state index < -0.39 is 16.2 Å². The maximum atomic E-state index is 12.0. The molecule has 0 aromatic carbocycles. The van der Waals surface area contributed by atoms with Crippen molar-refractivity contribution in [2.45, 2.75) is 25.9 Å². The minimum atomic E-state index is -3.63. The van der Waals surface area contributed by atoms with Gasteiger partial charge in [0.25, 0.3) is 10.2 Å². The van der Waals surface area contributed by atoms with Crippen molar-refractivity contribution in [2.75, 3.05) is 20.7 Å². The number of rotatable bonds is 8. The van der Waals surface area contributed by atoms with Gasteiger partial charge in [0.15, 0.2) is 0 Å². The average molecular weight is 304 g/mol. The standard InChI is InChI=1S/C11H20N4O4S/c1-10(9-15-7-4-6-12-15)13-20(17,18)14(2)8-5-11(16)19-3/h4,6-7,10,13H,5,8-9H2,1-3H3. The highest BCUT2D eigenvalue weighted by molar-refractivity contribution is 7.87. The third-order valence-corrected chi connectivity index (χ3v) is 4.34. The molecule has 1 aromatic heterocycles. The number of methoxy groups -OCH3 is 1. The van der Waals surface area contributed by atoms with E-state index in [-0.39, 0.29) is 19.0 Å². The van der Waals surface area contributed by atoms with E-state index in [1.165, 1.54) is 14.2 Å². The number of carbonyl (C=O) groups excluding carboxylic acids is 1. The van der Waals surface area contributed by atoms with E-state index >= 15 is 0 Å². The fraction of sp³-hybridized carbons (Fsp3) is 0.636. The predicted molar refractivity (Wildman–Crippen MR) is 73.0 cm³/mol. The molecule has 0 bridgehead atoms. The summed E-state index contributed by atoms with van der Waals surface area (Å²) in [5, 5.41) is 4.01. The molecule has 0 aliphatic heterocycles. The van der Waals surface area contributed by atoms with Gasteiger partial charge in [-0.1, -0.05) is 0 Å². The van der Waals surface area contributed by atoms with Crippen molar-refractivity contribution < 1.29 is 17.9 Å². The third kappa shape index (κ3) is 5.27. The smallest absolute Gasteiger partial charge is 0.306 e. The summed E-state index contributed by atoms with van der Waals surface area (Å²) in [6.07, 6.45) is 3.40. The van der Waals surface area contributed by atoms with Crippen LogP contribution in [0.25, 0.3) is 0 Å². The van der Waals surface area contributed by atoms with E-state index in [0.717, 1.165) is 4.31 Å². The maximum Gasteiger partial charge on any atom is 0.306 e. The highest BCUT2D eigenvalue weighted by Crippen LogP contribution is 2.00. The lowest BCUT2D eigenvalue weighted by Gasteiger charge is -2.20. The number of nitrogens with one attached hydrogen (secondary N) is 1. The molecular formula is C11H20N4O4S. The van der Waals surface area contributed by atoms with Gasteiger partial charge in [-0.15, -0.1) is 0 Å². The van der Waals surface area contributed by atoms with Crippen LogP contribution in [0.4, 0.5) is 0 Å². The zero-order valence-corrected chi connectivity index (χ0v) is 12.6. The highest BCUT2D eigenvalue weighted by atomic mass is 32.2. The summed E-state index contributed by atoms with van der Waals surface area (Å²) in [4.78, 5) is 11.0. The van der Waals surface area contributed by atoms with Crippen LogP contribution in [0, 0.1) is 0 Å². The zero-order valence-electron chi connectivity index (χ0n) is 11.8. The monoisotopic (exact) mass is 304 g/mol. The normalized spacial score (nSPS) is 13.4. The van der Waals surface area contributed by atoms with E-state index in [0.29, 0.717) is 6.54 Å². The summed E-state index contributed by atoms with van der Waals surface area (Å²) in [5.41, 5.74) is 0. The summed E-state index contributed by atoms with van der Waals surface area (Å²) < 4.78 is 33.7. The molecule has 0 amide bonds. The van der Waals surface area contributed by atoms with Crippen LogP contribution in [0.3, 0.4) is 0 Å². The van der Waals surface area contributed by atoms with Crippen LogP contribution in [0.1, 0.15) is 13.3 Å². The van der Waals surface area contributed by atoms with E-state index in [9.17, 15) is 13.2 Å². The molecule has 1 atom stereocenters. The van der Waals surface area contributed by atoms with Gasteiger partial charge in [0.05, 0.1) is 20.1 Å². The minimum absolute atomic E-state index is 0.0153. The summed E-state index contributed by atoms with van der Waals surface area (Å²) in [5.74, 6) is -0.448. The molecule has 8 nitrogen and oxygen atoms in total. The lowest BCUT2D eigenvalue weighted by molar-refractivity contribution is -0.140. The molecule has 0 saturated carbocycles. The van der Waals surface area contributed by atoms with Gasteiger partial charge in [-0.2, -0.15) is 22.5 Å². The van der Waals surface area contributed by atoms with Crippen LogP contribution in [0.2, 0.25) is 0 Å². The Labute approximate surface area is 118 Å². The Balaban J connectivity index is 2.48. The fourth-order valence-electron chi connectivity index (χ4n) is 1.54. The molecule has 9 heteroatoms. The third-order valence-electron chi connectivity index (χ3n) is 2.64. The predicted octanol–water partition coefficient (Wildman–Crippen LogP) is -0.399. The van der Waals surface area contributed by atoms with Crippen molar-refractivity contribution in [1.29, 1.82) is 0 Å². The Bertz CT molecular complexity index is 515. The quantitative estimate of drug-likeness (QED) is 0.660. The molecule has 0 spiro atoms. The topological polar surface area (TPSA) is 93.5 Å². The first kappa shape index (κ1) is 16.6. The molecule has 1 N–H and O–H groups in total. The molecule has 114 valence electrons. The molecule has 1 heterocycles. The summed E-state index contributed by atoms with van der Waals surface area (Å²) in [6.45, 7) is 2.24. The summed E-state index contributed by atoms with van der Waals surface area (Å²) in [6, 6.07) is 1.45. The molecule has 0 aliphatic carbocycles. The average Bonchev–Trinajstić information content (AvgIpc) is 2.87. The Kier molecular flexibility index (Phi) is 6.11. The van der Waals surface area contributed by atoms with Gasteiger partial charge in [0.2, 0.25) is 0 Å². The largest absolute Gasteiger partial charge is 0.469 e. The molecule has 1 unspecified atom stereocenters. The number of carbonyl (C=O) groups is 1. The molecule has 0 fully saturated rings. The second-order valence-corrected chi connectivity index (χ2v) is 6.21. The van der Waals surface area contributed by atoms with Gasteiger partial charge >= 0.3 is 5.97 Å². The SMILES string of the molecule is COC(=O)CCN(C)S(=O)(=O)NC(C)Cn1cccn1. The summed E-state index contributed by atoms with van der Waals surface area (Å²) >= 11 is 0. The van der Waals surface area contributed by atoms with Crippen LogP contribution < -0.4 is 4.72 Å². The number of nitrogens with zero attached hydrogens (tertiary/aromatic N) is 3. The molecule has 0 radical (unpaired) electrons. The van der Waals surface area contributed by atoms with Crippen molar-refractivity contribution in [3.05, 3.63) is 18.5 Å². The molecule has 20 heavy (non-hydrogen) atoms. The molecule has 0 aliphatic rings. The molecule has 1 rings (SSSR count). The fourth-order valence-corrected chi connectivity index (χ4v) is 2.64. The number of esters is 1. The van der Waals surface area contributed by atoms with Crippen molar-refractivity contribution in [2.24, 2.45) is 0 Å². The number of aromatic nitrogens is 2. The van der Waals surface area contributed by atoms with Crippen molar-refractivity contribution in [3.63, 3.8) is 0 Å². The van der Waals surface area contributed by atoms with Crippen LogP contribution >= 0.6 is 0 Å². The van der Waals surface area contributed by atoms with Crippen LogP contribution in [0.15, 0.2) is 18.5 Å². The number of ether oxygens (including phenoxy) is 1. The van der Waals surface area contributed by atoms with Crippen LogP contribution in [-0.4, -0.2) is 55.2 Å². The minimum Gasteiger partial charge on any atom is -0.469 e. The lowest BCUT2D eigenvalue weighted by atomic mass is 10.4. The number of hydrogen-bond donors (Lipinski definition) is 1. The first-order valence-corrected chi connectivity index (χ1v) is 7.57. The summed E-state index contributed by atoms with van der Waals surface area (Å²) in [7, 11) is -0.958. The second-order valence-electron chi connectivity index (χ2n) is 4.40. The highest BCUT2D eigenvalue weighted by Gasteiger charge is 2.21. The van der Waals surface area contributed by atoms with E-state index in [4.69, 9.17) is 0 Å². The van der Waals surface area contributed by atoms with Gasteiger partial charge in [-0.3, -0.25) is 9.48 Å². The maximum absolute atomic E-state index is 12.0.